The van der Waals surface area contributed by atoms with E-state index in [4.69, 9.17) is 18.5 Å². The lowest BCUT2D eigenvalue weighted by Crippen LogP contribution is -2.37. The van der Waals surface area contributed by atoms with Gasteiger partial charge in [-0.3, -0.25) is 18.6 Å². The average molecular weight is 703 g/mol. The van der Waals surface area contributed by atoms with Crippen LogP contribution in [0.1, 0.15) is 155 Å². The van der Waals surface area contributed by atoms with Crippen LogP contribution in [0.2, 0.25) is 0 Å². The molecule has 0 saturated heterocycles. The van der Waals surface area contributed by atoms with Crippen molar-refractivity contribution < 1.29 is 42.1 Å². The molecule has 0 aliphatic carbocycles. The summed E-state index contributed by atoms with van der Waals surface area (Å²) in [4.78, 5) is 35.1. The van der Waals surface area contributed by atoms with Crippen molar-refractivity contribution in [3.8, 4) is 0 Å². The van der Waals surface area contributed by atoms with Crippen LogP contribution in [0.25, 0.3) is 0 Å². The number of ether oxygens (including phenoxy) is 2. The molecule has 282 valence electrons. The Morgan fingerprint density at radius 1 is 0.625 bits per heavy atom. The molecule has 9 nitrogen and oxygen atoms in total. The Kier molecular flexibility index (Phi) is 30.5. The molecular formula is C38H73NO8P+. The number of hydrogen-bond acceptors (Lipinski definition) is 7. The summed E-state index contributed by atoms with van der Waals surface area (Å²) >= 11 is 0. The maximum absolute atomic E-state index is 12.6. The highest BCUT2D eigenvalue weighted by Crippen LogP contribution is 2.43. The van der Waals surface area contributed by atoms with Gasteiger partial charge in [-0.25, -0.2) is 4.57 Å². The van der Waals surface area contributed by atoms with E-state index in [2.05, 4.69) is 38.2 Å². The highest BCUT2D eigenvalue weighted by molar-refractivity contribution is 7.47. The number of hydrogen-bond donors (Lipinski definition) is 1. The molecule has 0 fully saturated rings. The standard InChI is InChI=1S/C38H72NO8P/c1-6-8-10-12-14-16-18-20-22-24-26-28-30-37(40)44-34-36(35-46-48(42,43)45-33-32-39(3,4)5)47-38(41)31-29-27-25-23-21-19-17-15-13-11-9-7-2/h14-17,36H,6-13,18-35H2,1-5H3/p+1/b16-14+,17-15+/t36-/m1/s1. The first-order valence-corrected chi connectivity index (χ1v) is 20.6. The zero-order valence-corrected chi connectivity index (χ0v) is 32.4. The van der Waals surface area contributed by atoms with E-state index in [0.717, 1.165) is 70.6 Å². The van der Waals surface area contributed by atoms with E-state index in [0.29, 0.717) is 17.4 Å². The number of carbonyl (C=O) groups is 2. The summed E-state index contributed by atoms with van der Waals surface area (Å²) in [6, 6.07) is 0. The SMILES string of the molecule is CCCCC/C=C/CCCCCCCC(=O)OC[C@H](COP(=O)(O)OCC[N+](C)(C)C)OC(=O)CCCCCCC/C=C/CCCCC. The van der Waals surface area contributed by atoms with Crippen molar-refractivity contribution in [1.82, 2.24) is 0 Å². The van der Waals surface area contributed by atoms with Gasteiger partial charge in [0, 0.05) is 12.8 Å². The molecule has 1 N–H and O–H groups in total. The number of nitrogens with zero attached hydrogens (tertiary/aromatic N) is 1. The van der Waals surface area contributed by atoms with Crippen LogP contribution in [-0.2, 0) is 32.7 Å². The zero-order valence-electron chi connectivity index (χ0n) is 31.5. The normalized spacial score (nSPS) is 14.0. The quantitative estimate of drug-likeness (QED) is 0.0232. The predicted molar refractivity (Wildman–Crippen MR) is 197 cm³/mol. The average Bonchev–Trinajstić information content (AvgIpc) is 3.02. The molecule has 48 heavy (non-hydrogen) atoms. The first kappa shape index (κ1) is 46.5. The number of likely N-dealkylation sites (N-methyl/N-ethyl adjacent to an activating group) is 1. The van der Waals surface area contributed by atoms with Crippen LogP contribution in [0.15, 0.2) is 24.3 Å². The van der Waals surface area contributed by atoms with Crippen molar-refractivity contribution >= 4 is 19.8 Å². The highest BCUT2D eigenvalue weighted by Gasteiger charge is 2.27. The van der Waals surface area contributed by atoms with E-state index in [1.165, 1.54) is 51.4 Å². The largest absolute Gasteiger partial charge is 0.472 e. The maximum atomic E-state index is 12.6. The summed E-state index contributed by atoms with van der Waals surface area (Å²) in [5, 5.41) is 0. The molecule has 0 aromatic carbocycles. The molecule has 10 heteroatoms. The third-order valence-electron chi connectivity index (χ3n) is 7.95. The Morgan fingerprint density at radius 2 is 1.06 bits per heavy atom. The molecular weight excluding hydrogens is 629 g/mol. The van der Waals surface area contributed by atoms with Crippen molar-refractivity contribution in [2.45, 2.75) is 161 Å². The lowest BCUT2D eigenvalue weighted by atomic mass is 10.1. The fourth-order valence-corrected chi connectivity index (χ4v) is 5.62. The van der Waals surface area contributed by atoms with E-state index in [1.807, 2.05) is 21.1 Å². The van der Waals surface area contributed by atoms with Gasteiger partial charge >= 0.3 is 19.8 Å². The summed E-state index contributed by atoms with van der Waals surface area (Å²) < 4.78 is 34.1. The monoisotopic (exact) mass is 703 g/mol. The molecule has 0 saturated carbocycles. The Labute approximate surface area is 294 Å². The minimum Gasteiger partial charge on any atom is -0.462 e. The molecule has 0 amide bonds. The van der Waals surface area contributed by atoms with Crippen molar-refractivity contribution in [2.75, 3.05) is 47.5 Å². The Bertz CT molecular complexity index is 886. The Morgan fingerprint density at radius 3 is 1.54 bits per heavy atom. The number of unbranched alkanes of at least 4 members (excludes halogenated alkanes) is 16. The first-order chi connectivity index (χ1) is 23.0. The van der Waals surface area contributed by atoms with E-state index in [-0.39, 0.29) is 32.0 Å². The van der Waals surface area contributed by atoms with Crippen LogP contribution in [0.5, 0.6) is 0 Å². The summed E-state index contributed by atoms with van der Waals surface area (Å²) in [6.07, 6.45) is 30.8. The molecule has 0 aliphatic heterocycles. The van der Waals surface area contributed by atoms with Gasteiger partial charge in [-0.15, -0.1) is 0 Å². The van der Waals surface area contributed by atoms with Crippen molar-refractivity contribution in [2.24, 2.45) is 0 Å². The van der Waals surface area contributed by atoms with Gasteiger partial charge < -0.3 is 18.9 Å². The van der Waals surface area contributed by atoms with Crippen LogP contribution in [-0.4, -0.2) is 74.9 Å². The van der Waals surface area contributed by atoms with Crippen LogP contribution >= 0.6 is 7.82 Å². The van der Waals surface area contributed by atoms with Gasteiger partial charge in [0.1, 0.15) is 19.8 Å². The zero-order chi connectivity index (χ0) is 35.8. The van der Waals surface area contributed by atoms with E-state index in [1.54, 1.807) is 0 Å². The predicted octanol–water partition coefficient (Wildman–Crippen LogP) is 10.0. The van der Waals surface area contributed by atoms with Crippen molar-refractivity contribution in [3.63, 3.8) is 0 Å². The number of allylic oxidation sites excluding steroid dienone is 4. The van der Waals surface area contributed by atoms with Gasteiger partial charge in [0.2, 0.25) is 0 Å². The third kappa shape index (κ3) is 34.4. The van der Waals surface area contributed by atoms with Crippen LogP contribution in [0.3, 0.4) is 0 Å². The van der Waals surface area contributed by atoms with Gasteiger partial charge in [-0.1, -0.05) is 102 Å². The number of phosphoric ester groups is 1. The Balaban J connectivity index is 4.47. The van der Waals surface area contributed by atoms with Gasteiger partial charge in [-0.2, -0.15) is 0 Å². The van der Waals surface area contributed by atoms with E-state index >= 15 is 0 Å². The number of rotatable bonds is 34. The van der Waals surface area contributed by atoms with Gasteiger partial charge in [0.15, 0.2) is 6.10 Å². The Hall–Kier alpha value is -1.51. The van der Waals surface area contributed by atoms with Gasteiger partial charge in [0.25, 0.3) is 0 Å². The fraction of sp³-hybridized carbons (Fsp3) is 0.842. The number of esters is 2. The van der Waals surface area contributed by atoms with E-state index in [9.17, 15) is 19.0 Å². The molecule has 0 aromatic heterocycles. The lowest BCUT2D eigenvalue weighted by molar-refractivity contribution is -0.870. The maximum Gasteiger partial charge on any atom is 0.472 e. The molecule has 0 heterocycles. The van der Waals surface area contributed by atoms with Crippen molar-refractivity contribution in [3.05, 3.63) is 24.3 Å². The van der Waals surface area contributed by atoms with Crippen LogP contribution in [0.4, 0.5) is 0 Å². The minimum atomic E-state index is -4.37. The molecule has 1 unspecified atom stereocenters. The molecule has 0 spiro atoms. The van der Waals surface area contributed by atoms with Crippen LogP contribution < -0.4 is 0 Å². The fourth-order valence-electron chi connectivity index (χ4n) is 4.88. The number of carbonyl (C=O) groups excluding carboxylic acids is 2. The van der Waals surface area contributed by atoms with E-state index < -0.39 is 26.5 Å². The summed E-state index contributed by atoms with van der Waals surface area (Å²) in [5.41, 5.74) is 0. The summed E-state index contributed by atoms with van der Waals surface area (Å²) in [7, 11) is 1.46. The molecule has 0 radical (unpaired) electrons. The molecule has 2 atom stereocenters. The molecule has 0 aromatic rings. The lowest BCUT2D eigenvalue weighted by Gasteiger charge is -2.24. The van der Waals surface area contributed by atoms with Crippen LogP contribution in [0, 0.1) is 0 Å². The second kappa shape index (κ2) is 31.5. The minimum absolute atomic E-state index is 0.0295. The second-order valence-corrected chi connectivity index (χ2v) is 15.4. The first-order valence-electron chi connectivity index (χ1n) is 19.1. The number of quaternary nitrogens is 1. The second-order valence-electron chi connectivity index (χ2n) is 14.0. The summed E-state index contributed by atoms with van der Waals surface area (Å²) in [6.45, 7) is 4.33. The van der Waals surface area contributed by atoms with Gasteiger partial charge in [-0.05, 0) is 64.2 Å². The smallest absolute Gasteiger partial charge is 0.462 e. The molecule has 0 bridgehead atoms. The third-order valence-corrected chi connectivity index (χ3v) is 8.94. The molecule has 0 rings (SSSR count). The topological polar surface area (TPSA) is 108 Å². The highest BCUT2D eigenvalue weighted by atomic mass is 31.2. The van der Waals surface area contributed by atoms with Gasteiger partial charge in [0.05, 0.1) is 27.7 Å². The number of phosphoric acid groups is 1. The summed E-state index contributed by atoms with van der Waals surface area (Å²) in [5.74, 6) is -0.822. The molecule has 0 aliphatic rings. The van der Waals surface area contributed by atoms with Crippen molar-refractivity contribution in [1.29, 1.82) is 0 Å².